The normalized spacial score (nSPS) is 10.5. The van der Waals surface area contributed by atoms with Crippen LogP contribution in [0.4, 0.5) is 0 Å². The summed E-state index contributed by atoms with van der Waals surface area (Å²) >= 11 is 10.8. The Labute approximate surface area is 161 Å². The number of carbonyl (C=O) groups excluding carboxylic acids is 2. The van der Waals surface area contributed by atoms with Crippen LogP contribution in [0.2, 0.25) is 5.02 Å². The van der Waals surface area contributed by atoms with Gasteiger partial charge in [0.25, 0.3) is 11.8 Å². The highest BCUT2D eigenvalue weighted by Gasteiger charge is 2.17. The molecule has 2 aromatic carbocycles. The van der Waals surface area contributed by atoms with Gasteiger partial charge in [-0.1, -0.05) is 45.7 Å². The van der Waals surface area contributed by atoms with E-state index in [9.17, 15) is 9.59 Å². The second kappa shape index (κ2) is 7.86. The zero-order valence-electron chi connectivity index (χ0n) is 12.7. The average molecular weight is 440 g/mol. The summed E-state index contributed by atoms with van der Waals surface area (Å²) in [7, 11) is 0. The molecule has 0 spiro atoms. The maximum atomic E-state index is 12.2. The Hall–Kier alpha value is -2.09. The van der Waals surface area contributed by atoms with Gasteiger partial charge in [-0.05, 0) is 30.3 Å². The molecular weight excluding hydrogens is 428 g/mol. The Balaban J connectivity index is 1.55. The smallest absolute Gasteiger partial charge is 0.281 e. The summed E-state index contributed by atoms with van der Waals surface area (Å²) < 4.78 is 7.14. The molecule has 3 aromatic rings. The fourth-order valence-electron chi connectivity index (χ4n) is 2.06. The zero-order valence-corrected chi connectivity index (χ0v) is 15.9. The molecule has 0 radical (unpaired) electrons. The number of carbonyl (C=O) groups is 2. The summed E-state index contributed by atoms with van der Waals surface area (Å²) in [6.45, 7) is -0.220. The molecule has 0 saturated carbocycles. The van der Waals surface area contributed by atoms with Crippen LogP contribution in [0, 0.1) is 0 Å². The lowest BCUT2D eigenvalue weighted by Crippen LogP contribution is -2.43. The van der Waals surface area contributed by atoms with E-state index in [2.05, 4.69) is 26.8 Å². The van der Waals surface area contributed by atoms with Gasteiger partial charge in [0, 0.05) is 14.6 Å². The van der Waals surface area contributed by atoms with Crippen molar-refractivity contribution in [2.75, 3.05) is 6.61 Å². The molecule has 0 aliphatic heterocycles. The van der Waals surface area contributed by atoms with Crippen molar-refractivity contribution in [2.24, 2.45) is 0 Å². The maximum absolute atomic E-state index is 12.2. The first-order valence-corrected chi connectivity index (χ1v) is 9.18. The molecule has 2 amide bonds. The van der Waals surface area contributed by atoms with Crippen LogP contribution in [0.15, 0.2) is 53.0 Å². The van der Waals surface area contributed by atoms with Gasteiger partial charge in [-0.25, -0.2) is 0 Å². The largest absolute Gasteiger partial charge is 0.484 e. The lowest BCUT2D eigenvalue weighted by atomic mass is 10.2. The molecule has 5 nitrogen and oxygen atoms in total. The van der Waals surface area contributed by atoms with E-state index >= 15 is 0 Å². The predicted molar refractivity (Wildman–Crippen MR) is 102 cm³/mol. The molecule has 3 rings (SSSR count). The number of rotatable bonds is 4. The second-order valence-electron chi connectivity index (χ2n) is 4.99. The minimum atomic E-state index is -0.478. The van der Waals surface area contributed by atoms with Crippen LogP contribution >= 0.6 is 38.9 Å². The van der Waals surface area contributed by atoms with E-state index in [1.54, 1.807) is 24.3 Å². The van der Waals surface area contributed by atoms with Crippen molar-refractivity contribution < 1.29 is 14.3 Å². The molecule has 2 N–H and O–H groups in total. The molecule has 128 valence electrons. The van der Waals surface area contributed by atoms with Crippen LogP contribution in [0.3, 0.4) is 0 Å². The van der Waals surface area contributed by atoms with Crippen molar-refractivity contribution in [1.82, 2.24) is 10.9 Å². The van der Waals surface area contributed by atoms with Gasteiger partial charge < -0.3 is 4.74 Å². The van der Waals surface area contributed by atoms with Gasteiger partial charge in [0.05, 0.1) is 5.02 Å². The molecule has 0 atom stereocenters. The first-order chi connectivity index (χ1) is 12.0. The lowest BCUT2D eigenvalue weighted by Gasteiger charge is -2.08. The van der Waals surface area contributed by atoms with Crippen LogP contribution < -0.4 is 15.6 Å². The summed E-state index contributed by atoms with van der Waals surface area (Å²) in [5.74, 6) is -0.395. The number of thiophene rings is 1. The van der Waals surface area contributed by atoms with E-state index in [-0.39, 0.29) is 6.61 Å². The van der Waals surface area contributed by atoms with Crippen LogP contribution in [-0.2, 0) is 4.79 Å². The quantitative estimate of drug-likeness (QED) is 0.600. The third kappa shape index (κ3) is 4.31. The highest BCUT2D eigenvalue weighted by molar-refractivity contribution is 9.10. The zero-order chi connectivity index (χ0) is 17.8. The van der Waals surface area contributed by atoms with Crippen LogP contribution in [0.25, 0.3) is 10.1 Å². The summed E-state index contributed by atoms with van der Waals surface area (Å²) in [4.78, 5) is 24.3. The van der Waals surface area contributed by atoms with Gasteiger partial charge in [-0.3, -0.25) is 20.4 Å². The molecule has 1 aromatic heterocycles. The number of amides is 2. The Morgan fingerprint density at radius 1 is 1.08 bits per heavy atom. The summed E-state index contributed by atoms with van der Waals surface area (Å²) in [5, 5.41) is 1.18. The third-order valence-corrected chi connectivity index (χ3v) is 5.44. The van der Waals surface area contributed by atoms with Crippen molar-refractivity contribution in [1.29, 1.82) is 0 Å². The van der Waals surface area contributed by atoms with E-state index in [0.717, 1.165) is 14.6 Å². The lowest BCUT2D eigenvalue weighted by molar-refractivity contribution is -0.123. The van der Waals surface area contributed by atoms with Crippen molar-refractivity contribution in [2.45, 2.75) is 0 Å². The number of ether oxygens (including phenoxy) is 1. The predicted octanol–water partition coefficient (Wildman–Crippen LogP) is 4.16. The van der Waals surface area contributed by atoms with E-state index in [4.69, 9.17) is 16.3 Å². The SMILES string of the molecule is O=C(COc1ccc(Br)cc1)NNC(=O)c1sc2ccccc2c1Cl. The van der Waals surface area contributed by atoms with E-state index < -0.39 is 11.8 Å². The molecule has 1 heterocycles. The molecule has 0 aliphatic carbocycles. The van der Waals surface area contributed by atoms with Gasteiger partial charge >= 0.3 is 0 Å². The summed E-state index contributed by atoms with van der Waals surface area (Å²) in [6, 6.07) is 14.5. The Morgan fingerprint density at radius 2 is 1.80 bits per heavy atom. The first-order valence-electron chi connectivity index (χ1n) is 7.19. The summed E-state index contributed by atoms with van der Waals surface area (Å²) in [6.07, 6.45) is 0. The number of hydrogen-bond acceptors (Lipinski definition) is 4. The topological polar surface area (TPSA) is 67.4 Å². The van der Waals surface area contributed by atoms with Crippen LogP contribution in [0.1, 0.15) is 9.67 Å². The van der Waals surface area contributed by atoms with Crippen LogP contribution in [-0.4, -0.2) is 18.4 Å². The number of fused-ring (bicyclic) bond motifs is 1. The van der Waals surface area contributed by atoms with E-state index in [0.29, 0.717) is 15.6 Å². The van der Waals surface area contributed by atoms with Gasteiger partial charge in [0.15, 0.2) is 6.61 Å². The molecule has 0 aliphatic rings. The van der Waals surface area contributed by atoms with Gasteiger partial charge in [-0.15, -0.1) is 11.3 Å². The number of halogens is 2. The van der Waals surface area contributed by atoms with Gasteiger partial charge in [0.2, 0.25) is 0 Å². The maximum Gasteiger partial charge on any atom is 0.281 e. The molecule has 0 bridgehead atoms. The van der Waals surface area contributed by atoms with E-state index in [1.165, 1.54) is 11.3 Å². The fourth-order valence-corrected chi connectivity index (χ4v) is 3.74. The monoisotopic (exact) mass is 438 g/mol. The molecule has 8 heteroatoms. The minimum Gasteiger partial charge on any atom is -0.484 e. The standard InChI is InChI=1S/C17H12BrClN2O3S/c18-10-5-7-11(8-6-10)24-9-14(22)20-21-17(23)16-15(19)12-3-1-2-4-13(12)25-16/h1-8H,9H2,(H,20,22)(H,21,23). The van der Waals surface area contributed by atoms with E-state index in [1.807, 2.05) is 24.3 Å². The Morgan fingerprint density at radius 3 is 2.52 bits per heavy atom. The highest BCUT2D eigenvalue weighted by atomic mass is 79.9. The number of hydrogen-bond donors (Lipinski definition) is 2. The number of hydrazine groups is 1. The van der Waals surface area contributed by atoms with Gasteiger partial charge in [-0.2, -0.15) is 0 Å². The summed E-state index contributed by atoms with van der Waals surface area (Å²) in [5.41, 5.74) is 4.66. The molecule has 25 heavy (non-hydrogen) atoms. The third-order valence-electron chi connectivity index (χ3n) is 3.24. The van der Waals surface area contributed by atoms with Crippen molar-refractivity contribution >= 4 is 60.8 Å². The van der Waals surface area contributed by atoms with Gasteiger partial charge in [0.1, 0.15) is 10.6 Å². The van der Waals surface area contributed by atoms with Crippen molar-refractivity contribution in [3.8, 4) is 5.75 Å². The fraction of sp³-hybridized carbons (Fsp3) is 0.0588. The van der Waals surface area contributed by atoms with Crippen molar-refractivity contribution in [3.63, 3.8) is 0 Å². The first kappa shape index (κ1) is 17.7. The average Bonchev–Trinajstić information content (AvgIpc) is 2.96. The number of nitrogens with one attached hydrogen (secondary N) is 2. The second-order valence-corrected chi connectivity index (χ2v) is 7.33. The molecular formula is C17H12BrClN2O3S. The highest BCUT2D eigenvalue weighted by Crippen LogP contribution is 2.34. The molecule has 0 unspecified atom stereocenters. The van der Waals surface area contributed by atoms with Crippen LogP contribution in [0.5, 0.6) is 5.75 Å². The Kier molecular flexibility index (Phi) is 5.57. The minimum absolute atomic E-state index is 0.220. The molecule has 0 saturated heterocycles. The van der Waals surface area contributed by atoms with Crippen molar-refractivity contribution in [3.05, 3.63) is 62.9 Å². The molecule has 0 fully saturated rings. The Bertz CT molecular complexity index is 927. The number of benzene rings is 2.